The van der Waals surface area contributed by atoms with Crippen LogP contribution in [-0.4, -0.2) is 26.9 Å². The maximum atomic E-state index is 13.6. The first kappa shape index (κ1) is 19.8. The Labute approximate surface area is 167 Å². The topological polar surface area (TPSA) is 38.1 Å². The lowest BCUT2D eigenvalue weighted by Crippen LogP contribution is -2.32. The zero-order valence-electron chi connectivity index (χ0n) is 15.5. The minimum Gasteiger partial charge on any atom is -0.330 e. The molecule has 1 aromatic carbocycles. The van der Waals surface area contributed by atoms with E-state index in [1.54, 1.807) is 17.0 Å². The molecular formula is C20H23ClFN3OS. The SMILES string of the molecule is CCCCN(Cc1nc2cc(F)ccc2n1CCC)C(=O)c1sccc1Cl. The van der Waals surface area contributed by atoms with Crippen LogP contribution in [0, 0.1) is 5.82 Å². The average molecular weight is 408 g/mol. The van der Waals surface area contributed by atoms with Gasteiger partial charge in [-0.3, -0.25) is 4.79 Å². The number of unbranched alkanes of at least 4 members (excludes halogenated alkanes) is 1. The summed E-state index contributed by atoms with van der Waals surface area (Å²) in [6.07, 6.45) is 2.81. The van der Waals surface area contributed by atoms with Crippen LogP contribution < -0.4 is 0 Å². The molecule has 144 valence electrons. The van der Waals surface area contributed by atoms with E-state index in [0.717, 1.165) is 37.1 Å². The van der Waals surface area contributed by atoms with Crippen LogP contribution >= 0.6 is 22.9 Å². The normalized spacial score (nSPS) is 11.3. The number of carbonyl (C=O) groups excluding carboxylic acids is 1. The summed E-state index contributed by atoms with van der Waals surface area (Å²) >= 11 is 7.53. The summed E-state index contributed by atoms with van der Waals surface area (Å²) in [5, 5.41) is 2.30. The molecule has 2 heterocycles. The number of aromatic nitrogens is 2. The van der Waals surface area contributed by atoms with Gasteiger partial charge in [-0.1, -0.05) is 31.9 Å². The van der Waals surface area contributed by atoms with E-state index in [2.05, 4.69) is 23.4 Å². The number of benzene rings is 1. The number of carbonyl (C=O) groups is 1. The Kier molecular flexibility index (Phi) is 6.50. The highest BCUT2D eigenvalue weighted by Gasteiger charge is 2.22. The van der Waals surface area contributed by atoms with Crippen LogP contribution in [0.3, 0.4) is 0 Å². The summed E-state index contributed by atoms with van der Waals surface area (Å²) in [7, 11) is 0. The number of thiophene rings is 1. The van der Waals surface area contributed by atoms with Gasteiger partial charge in [0.2, 0.25) is 0 Å². The second kappa shape index (κ2) is 8.85. The Bertz CT molecular complexity index is 937. The molecule has 0 aliphatic carbocycles. The quantitative estimate of drug-likeness (QED) is 0.477. The molecule has 0 aliphatic rings. The van der Waals surface area contributed by atoms with Crippen molar-refractivity contribution in [1.29, 1.82) is 0 Å². The molecule has 2 aromatic heterocycles. The number of amides is 1. The number of nitrogens with zero attached hydrogens (tertiary/aromatic N) is 3. The van der Waals surface area contributed by atoms with Crippen molar-refractivity contribution in [2.24, 2.45) is 0 Å². The van der Waals surface area contributed by atoms with Gasteiger partial charge >= 0.3 is 0 Å². The van der Waals surface area contributed by atoms with Crippen molar-refractivity contribution in [3.05, 3.63) is 51.2 Å². The molecule has 27 heavy (non-hydrogen) atoms. The third-order valence-corrected chi connectivity index (χ3v) is 5.78. The fourth-order valence-electron chi connectivity index (χ4n) is 3.11. The third kappa shape index (κ3) is 4.33. The molecule has 0 spiro atoms. The molecule has 4 nitrogen and oxygen atoms in total. The van der Waals surface area contributed by atoms with E-state index in [-0.39, 0.29) is 11.7 Å². The minimum atomic E-state index is -0.306. The number of aryl methyl sites for hydroxylation is 1. The summed E-state index contributed by atoms with van der Waals surface area (Å²) in [4.78, 5) is 20.0. The van der Waals surface area contributed by atoms with Gasteiger partial charge in [-0.05, 0) is 36.4 Å². The highest BCUT2D eigenvalue weighted by Crippen LogP contribution is 2.25. The molecule has 3 rings (SSSR count). The average Bonchev–Trinajstić information content (AvgIpc) is 3.21. The molecule has 0 saturated carbocycles. The molecule has 0 aliphatic heterocycles. The first-order chi connectivity index (χ1) is 13.0. The van der Waals surface area contributed by atoms with E-state index in [9.17, 15) is 9.18 Å². The Morgan fingerprint density at radius 2 is 2.11 bits per heavy atom. The van der Waals surface area contributed by atoms with Gasteiger partial charge in [-0.2, -0.15) is 0 Å². The van der Waals surface area contributed by atoms with Crippen molar-refractivity contribution in [2.45, 2.75) is 46.2 Å². The third-order valence-electron chi connectivity index (χ3n) is 4.45. The first-order valence-electron chi connectivity index (χ1n) is 9.22. The monoisotopic (exact) mass is 407 g/mol. The van der Waals surface area contributed by atoms with Crippen molar-refractivity contribution >= 4 is 39.9 Å². The van der Waals surface area contributed by atoms with Crippen LogP contribution in [0.5, 0.6) is 0 Å². The van der Waals surface area contributed by atoms with Gasteiger partial charge in [0, 0.05) is 19.2 Å². The summed E-state index contributed by atoms with van der Waals surface area (Å²) < 4.78 is 15.7. The van der Waals surface area contributed by atoms with Gasteiger partial charge < -0.3 is 9.47 Å². The van der Waals surface area contributed by atoms with Crippen LogP contribution in [0.4, 0.5) is 4.39 Å². The summed E-state index contributed by atoms with van der Waals surface area (Å²) in [5.74, 6) is 0.388. The van der Waals surface area contributed by atoms with Crippen LogP contribution in [0.15, 0.2) is 29.6 Å². The predicted molar refractivity (Wildman–Crippen MR) is 109 cm³/mol. The van der Waals surface area contributed by atoms with Gasteiger partial charge in [0.05, 0.1) is 22.6 Å². The van der Waals surface area contributed by atoms with E-state index in [1.165, 1.54) is 23.5 Å². The molecular weight excluding hydrogens is 385 g/mol. The fourth-order valence-corrected chi connectivity index (χ4v) is 4.21. The molecule has 3 aromatic rings. The lowest BCUT2D eigenvalue weighted by Gasteiger charge is -2.22. The van der Waals surface area contributed by atoms with Crippen LogP contribution in [0.1, 0.15) is 48.6 Å². The Morgan fingerprint density at radius 3 is 2.78 bits per heavy atom. The van der Waals surface area contributed by atoms with Gasteiger partial charge in [-0.15, -0.1) is 11.3 Å². The van der Waals surface area contributed by atoms with Gasteiger partial charge in [0.15, 0.2) is 0 Å². The molecule has 0 fully saturated rings. The van der Waals surface area contributed by atoms with Gasteiger partial charge in [-0.25, -0.2) is 9.37 Å². The van der Waals surface area contributed by atoms with E-state index in [1.807, 2.05) is 5.38 Å². The fraction of sp³-hybridized carbons (Fsp3) is 0.400. The van der Waals surface area contributed by atoms with Gasteiger partial charge in [0.25, 0.3) is 5.91 Å². The number of hydrogen-bond donors (Lipinski definition) is 0. The van der Waals surface area contributed by atoms with Crippen molar-refractivity contribution in [3.63, 3.8) is 0 Å². The Balaban J connectivity index is 1.96. The lowest BCUT2D eigenvalue weighted by molar-refractivity contribution is 0.0740. The van der Waals surface area contributed by atoms with Crippen LogP contribution in [0.2, 0.25) is 5.02 Å². The number of halogens is 2. The van der Waals surface area contributed by atoms with E-state index >= 15 is 0 Å². The Hall–Kier alpha value is -1.92. The van der Waals surface area contributed by atoms with Crippen LogP contribution in [-0.2, 0) is 13.1 Å². The molecule has 0 unspecified atom stereocenters. The predicted octanol–water partition coefficient (Wildman–Crippen LogP) is 5.74. The molecule has 0 N–H and O–H groups in total. The number of imidazole rings is 1. The minimum absolute atomic E-state index is 0.0789. The molecule has 0 saturated heterocycles. The van der Waals surface area contributed by atoms with Crippen molar-refractivity contribution in [1.82, 2.24) is 14.5 Å². The first-order valence-corrected chi connectivity index (χ1v) is 10.5. The number of hydrogen-bond acceptors (Lipinski definition) is 3. The van der Waals surface area contributed by atoms with Crippen molar-refractivity contribution in [2.75, 3.05) is 6.54 Å². The summed E-state index contributed by atoms with van der Waals surface area (Å²) in [6.45, 7) is 5.96. The second-order valence-corrected chi connectivity index (χ2v) is 7.81. The molecule has 0 radical (unpaired) electrons. The maximum absolute atomic E-state index is 13.6. The zero-order valence-corrected chi connectivity index (χ0v) is 17.1. The highest BCUT2D eigenvalue weighted by atomic mass is 35.5. The number of fused-ring (bicyclic) bond motifs is 1. The largest absolute Gasteiger partial charge is 0.330 e. The van der Waals surface area contributed by atoms with E-state index < -0.39 is 0 Å². The molecule has 7 heteroatoms. The van der Waals surface area contributed by atoms with Crippen molar-refractivity contribution in [3.8, 4) is 0 Å². The highest BCUT2D eigenvalue weighted by molar-refractivity contribution is 7.12. The number of rotatable bonds is 8. The summed E-state index contributed by atoms with van der Waals surface area (Å²) in [5.41, 5.74) is 1.51. The molecule has 0 atom stereocenters. The standard InChI is InChI=1S/C20H23ClFN3OS/c1-3-5-10-24(20(26)19-15(21)8-11-27-19)13-18-23-16-12-14(22)6-7-17(16)25(18)9-4-2/h6-8,11-12H,3-5,9-10,13H2,1-2H3. The second-order valence-electron chi connectivity index (χ2n) is 6.49. The van der Waals surface area contributed by atoms with E-state index in [0.29, 0.717) is 28.5 Å². The van der Waals surface area contributed by atoms with Crippen LogP contribution in [0.25, 0.3) is 11.0 Å². The van der Waals surface area contributed by atoms with Crippen molar-refractivity contribution < 1.29 is 9.18 Å². The van der Waals surface area contributed by atoms with E-state index in [4.69, 9.17) is 11.6 Å². The zero-order chi connectivity index (χ0) is 19.4. The molecule has 0 bridgehead atoms. The smallest absolute Gasteiger partial charge is 0.265 e. The molecule has 1 amide bonds. The Morgan fingerprint density at radius 1 is 1.30 bits per heavy atom. The van der Waals surface area contributed by atoms with Gasteiger partial charge in [0.1, 0.15) is 16.5 Å². The lowest BCUT2D eigenvalue weighted by atomic mass is 10.3. The maximum Gasteiger partial charge on any atom is 0.265 e. The summed E-state index contributed by atoms with van der Waals surface area (Å²) in [6, 6.07) is 6.39.